The van der Waals surface area contributed by atoms with Gasteiger partial charge in [0, 0.05) is 22.3 Å². The number of Topliss-reactive ketones (excluding diaryl/α,β-unsaturated/α-hetero) is 2. The Morgan fingerprint density at radius 2 is 1.20 bits per heavy atom. The minimum atomic E-state index is -0.304. The summed E-state index contributed by atoms with van der Waals surface area (Å²) in [6.07, 6.45) is 0. The van der Waals surface area contributed by atoms with Gasteiger partial charge in [-0.1, -0.05) is 48.5 Å². The number of hydrogen-bond donors (Lipinski definition) is 0. The monoisotopic (exact) mass is 266 g/mol. The summed E-state index contributed by atoms with van der Waals surface area (Å²) >= 11 is 0. The van der Waals surface area contributed by atoms with E-state index in [1.807, 2.05) is 0 Å². The maximum absolute atomic E-state index is 12.6. The molecular formula is C17H14O3. The van der Waals surface area contributed by atoms with Gasteiger partial charge in [0.25, 0.3) is 0 Å². The molecule has 0 aliphatic heterocycles. The van der Waals surface area contributed by atoms with Gasteiger partial charge in [-0.15, -0.1) is 0 Å². The molecular weight excluding hydrogens is 252 g/mol. The third-order valence-electron chi connectivity index (χ3n) is 3.09. The van der Waals surface area contributed by atoms with E-state index in [0.29, 0.717) is 5.56 Å². The number of carbonyl (C=O) groups excluding carboxylic acids is 3. The van der Waals surface area contributed by atoms with Crippen molar-refractivity contribution in [1.29, 1.82) is 0 Å². The molecule has 0 N–H and O–H groups in total. The molecule has 0 radical (unpaired) electrons. The van der Waals surface area contributed by atoms with Crippen molar-refractivity contribution in [3.63, 3.8) is 0 Å². The van der Waals surface area contributed by atoms with Gasteiger partial charge in [-0.3, -0.25) is 14.4 Å². The standard InChI is InChI=1S/C17H14O3/c1-11(18)14-9-6-10-15(12(2)19)16(14)17(20)13-7-4-3-5-8-13/h3-10H,1-2H3. The van der Waals surface area contributed by atoms with Crippen LogP contribution in [0.3, 0.4) is 0 Å². The topological polar surface area (TPSA) is 51.2 Å². The number of rotatable bonds is 4. The van der Waals surface area contributed by atoms with Gasteiger partial charge in [-0.25, -0.2) is 0 Å². The normalized spacial score (nSPS) is 10.1. The molecule has 0 heterocycles. The molecule has 2 aromatic carbocycles. The maximum atomic E-state index is 12.6. The Bertz CT molecular complexity index is 652. The van der Waals surface area contributed by atoms with Crippen LogP contribution in [0.5, 0.6) is 0 Å². The van der Waals surface area contributed by atoms with Gasteiger partial charge < -0.3 is 0 Å². The SMILES string of the molecule is CC(=O)c1cccc(C(C)=O)c1C(=O)c1ccccc1. The molecule has 2 rings (SSSR count). The third kappa shape index (κ3) is 2.57. The first-order valence-corrected chi connectivity index (χ1v) is 6.27. The molecule has 0 atom stereocenters. The fraction of sp³-hybridized carbons (Fsp3) is 0.118. The highest BCUT2D eigenvalue weighted by Crippen LogP contribution is 2.20. The molecule has 20 heavy (non-hydrogen) atoms. The van der Waals surface area contributed by atoms with Gasteiger partial charge in [0.05, 0.1) is 0 Å². The zero-order chi connectivity index (χ0) is 14.7. The summed E-state index contributed by atoms with van der Waals surface area (Å²) in [6.45, 7) is 2.78. The fourth-order valence-electron chi connectivity index (χ4n) is 2.12. The first-order chi connectivity index (χ1) is 9.52. The molecule has 0 fully saturated rings. The second-order valence-electron chi connectivity index (χ2n) is 4.54. The molecule has 0 bridgehead atoms. The van der Waals surface area contributed by atoms with Gasteiger partial charge in [-0.2, -0.15) is 0 Å². The van der Waals surface area contributed by atoms with Crippen molar-refractivity contribution < 1.29 is 14.4 Å². The molecule has 3 heteroatoms. The van der Waals surface area contributed by atoms with E-state index in [1.165, 1.54) is 13.8 Å². The van der Waals surface area contributed by atoms with Crippen molar-refractivity contribution in [2.75, 3.05) is 0 Å². The lowest BCUT2D eigenvalue weighted by Gasteiger charge is -2.10. The van der Waals surface area contributed by atoms with E-state index in [-0.39, 0.29) is 34.0 Å². The average Bonchev–Trinajstić information content (AvgIpc) is 2.46. The second-order valence-corrected chi connectivity index (χ2v) is 4.54. The minimum Gasteiger partial charge on any atom is -0.294 e. The summed E-state index contributed by atoms with van der Waals surface area (Å²) in [5.41, 5.74) is 1.22. The van der Waals surface area contributed by atoms with Crippen molar-refractivity contribution in [2.45, 2.75) is 13.8 Å². The van der Waals surface area contributed by atoms with Crippen molar-refractivity contribution >= 4 is 17.3 Å². The highest BCUT2D eigenvalue weighted by Gasteiger charge is 2.21. The summed E-state index contributed by atoms with van der Waals surface area (Å²) in [4.78, 5) is 36.0. The van der Waals surface area contributed by atoms with Crippen LogP contribution in [-0.2, 0) is 0 Å². The largest absolute Gasteiger partial charge is 0.294 e. The molecule has 3 nitrogen and oxygen atoms in total. The van der Waals surface area contributed by atoms with Crippen LogP contribution in [0.1, 0.15) is 50.5 Å². The Labute approximate surface area is 117 Å². The van der Waals surface area contributed by atoms with Gasteiger partial charge >= 0.3 is 0 Å². The highest BCUT2D eigenvalue weighted by atomic mass is 16.1. The maximum Gasteiger partial charge on any atom is 0.194 e. The quantitative estimate of drug-likeness (QED) is 0.798. The molecule has 2 aromatic rings. The second kappa shape index (κ2) is 5.61. The first-order valence-electron chi connectivity index (χ1n) is 6.27. The lowest BCUT2D eigenvalue weighted by Crippen LogP contribution is -2.13. The van der Waals surface area contributed by atoms with Crippen LogP contribution in [0, 0.1) is 0 Å². The molecule has 0 aliphatic carbocycles. The van der Waals surface area contributed by atoms with E-state index in [4.69, 9.17) is 0 Å². The van der Waals surface area contributed by atoms with Crippen molar-refractivity contribution in [3.8, 4) is 0 Å². The first kappa shape index (κ1) is 13.9. The summed E-state index contributed by atoms with van der Waals surface area (Å²) in [5.74, 6) is -0.763. The van der Waals surface area contributed by atoms with E-state index < -0.39 is 0 Å². The van der Waals surface area contributed by atoms with Crippen LogP contribution in [0.25, 0.3) is 0 Å². The van der Waals surface area contributed by atoms with E-state index in [0.717, 1.165) is 0 Å². The highest BCUT2D eigenvalue weighted by molar-refractivity contribution is 6.20. The Morgan fingerprint density at radius 1 is 0.700 bits per heavy atom. The van der Waals surface area contributed by atoms with Gasteiger partial charge in [-0.05, 0) is 13.8 Å². The van der Waals surface area contributed by atoms with Gasteiger partial charge in [0.15, 0.2) is 17.3 Å². The predicted octanol–water partition coefficient (Wildman–Crippen LogP) is 3.32. The van der Waals surface area contributed by atoms with Crippen LogP contribution in [0.4, 0.5) is 0 Å². The molecule has 0 aromatic heterocycles. The molecule has 0 spiro atoms. The minimum absolute atomic E-state index is 0.193. The molecule has 0 saturated heterocycles. The zero-order valence-electron chi connectivity index (χ0n) is 11.3. The van der Waals surface area contributed by atoms with E-state index in [1.54, 1.807) is 48.5 Å². The number of carbonyl (C=O) groups is 3. The number of ketones is 3. The van der Waals surface area contributed by atoms with Crippen molar-refractivity contribution in [3.05, 3.63) is 70.8 Å². The van der Waals surface area contributed by atoms with E-state index in [2.05, 4.69) is 0 Å². The third-order valence-corrected chi connectivity index (χ3v) is 3.09. The van der Waals surface area contributed by atoms with Crippen LogP contribution < -0.4 is 0 Å². The fourth-order valence-corrected chi connectivity index (χ4v) is 2.12. The van der Waals surface area contributed by atoms with Crippen molar-refractivity contribution in [2.24, 2.45) is 0 Å². The Morgan fingerprint density at radius 3 is 1.65 bits per heavy atom. The lowest BCUT2D eigenvalue weighted by atomic mass is 9.90. The Hall–Kier alpha value is -2.55. The Kier molecular flexibility index (Phi) is 3.89. The predicted molar refractivity (Wildman–Crippen MR) is 76.3 cm³/mol. The van der Waals surface area contributed by atoms with E-state index in [9.17, 15) is 14.4 Å². The number of benzene rings is 2. The summed E-state index contributed by atoms with van der Waals surface area (Å²) in [5, 5.41) is 0. The van der Waals surface area contributed by atoms with Gasteiger partial charge in [0.1, 0.15) is 0 Å². The zero-order valence-corrected chi connectivity index (χ0v) is 11.3. The molecule has 100 valence electrons. The van der Waals surface area contributed by atoms with Crippen LogP contribution in [-0.4, -0.2) is 17.3 Å². The van der Waals surface area contributed by atoms with Crippen LogP contribution in [0.2, 0.25) is 0 Å². The number of hydrogen-bond acceptors (Lipinski definition) is 3. The van der Waals surface area contributed by atoms with E-state index >= 15 is 0 Å². The summed E-state index contributed by atoms with van der Waals surface area (Å²) in [6, 6.07) is 13.4. The molecule has 0 amide bonds. The van der Waals surface area contributed by atoms with Crippen molar-refractivity contribution in [1.82, 2.24) is 0 Å². The van der Waals surface area contributed by atoms with Gasteiger partial charge in [0.2, 0.25) is 0 Å². The molecule has 0 aliphatic rings. The lowest BCUT2D eigenvalue weighted by molar-refractivity contribution is 0.0978. The average molecular weight is 266 g/mol. The summed E-state index contributed by atoms with van der Waals surface area (Å²) < 4.78 is 0. The Balaban J connectivity index is 2.68. The summed E-state index contributed by atoms with van der Waals surface area (Å²) in [7, 11) is 0. The van der Waals surface area contributed by atoms with Crippen LogP contribution in [0.15, 0.2) is 48.5 Å². The molecule has 0 saturated carbocycles. The smallest absolute Gasteiger partial charge is 0.194 e. The molecule has 0 unspecified atom stereocenters. The van der Waals surface area contributed by atoms with Crippen LogP contribution >= 0.6 is 0 Å².